The van der Waals surface area contributed by atoms with Gasteiger partial charge in [-0.2, -0.15) is 0 Å². The first-order valence-corrected chi connectivity index (χ1v) is 3.19. The second kappa shape index (κ2) is 6.98. The van der Waals surface area contributed by atoms with Gasteiger partial charge in [-0.15, -0.1) is 0 Å². The summed E-state index contributed by atoms with van der Waals surface area (Å²) in [6.07, 6.45) is 0. The van der Waals surface area contributed by atoms with E-state index in [1.165, 1.54) is 0 Å². The van der Waals surface area contributed by atoms with Gasteiger partial charge in [0, 0.05) is 26.2 Å². The summed E-state index contributed by atoms with van der Waals surface area (Å²) in [6.45, 7) is 4.56. The standard InChI is InChI=1S/C4H10N2.BH3O3/c1-2-6-4-3-5-1;2-1(3)4/h5-6H,1-4H2;2-4H. The van der Waals surface area contributed by atoms with E-state index in [0.717, 1.165) is 26.2 Å². The molecule has 0 unspecified atom stereocenters. The van der Waals surface area contributed by atoms with Crippen LogP contribution in [0.3, 0.4) is 0 Å². The summed E-state index contributed by atoms with van der Waals surface area (Å²) < 4.78 is 0. The molecule has 0 aliphatic carbocycles. The van der Waals surface area contributed by atoms with Crippen molar-refractivity contribution in [3.8, 4) is 0 Å². The van der Waals surface area contributed by atoms with E-state index >= 15 is 0 Å². The minimum atomic E-state index is -2.17. The maximum atomic E-state index is 7.17. The van der Waals surface area contributed by atoms with Crippen LogP contribution in [0.4, 0.5) is 0 Å². The summed E-state index contributed by atoms with van der Waals surface area (Å²) in [7, 11) is -2.17. The van der Waals surface area contributed by atoms with Crippen molar-refractivity contribution in [3.63, 3.8) is 0 Å². The van der Waals surface area contributed by atoms with Crippen LogP contribution in [0.5, 0.6) is 0 Å². The Bertz CT molecular complexity index is 55.3. The van der Waals surface area contributed by atoms with E-state index in [0.29, 0.717) is 0 Å². The molecule has 0 aromatic carbocycles. The topological polar surface area (TPSA) is 84.8 Å². The molecule has 0 radical (unpaired) electrons. The van der Waals surface area contributed by atoms with Crippen molar-refractivity contribution in [2.45, 2.75) is 0 Å². The zero-order valence-electron chi connectivity index (χ0n) is 5.75. The van der Waals surface area contributed by atoms with E-state index in [4.69, 9.17) is 15.1 Å². The fourth-order valence-corrected chi connectivity index (χ4v) is 0.604. The second-order valence-electron chi connectivity index (χ2n) is 1.85. The number of hydrogen-bond acceptors (Lipinski definition) is 5. The Morgan fingerprint density at radius 1 is 0.800 bits per heavy atom. The third kappa shape index (κ3) is 10.8. The summed E-state index contributed by atoms with van der Waals surface area (Å²) in [5.74, 6) is 0. The van der Waals surface area contributed by atoms with E-state index in [9.17, 15) is 0 Å². The van der Waals surface area contributed by atoms with Crippen LogP contribution in [0.25, 0.3) is 0 Å². The highest BCUT2D eigenvalue weighted by atomic mass is 16.5. The van der Waals surface area contributed by atoms with E-state index in [1.54, 1.807) is 0 Å². The maximum absolute atomic E-state index is 7.17. The molecule has 1 fully saturated rings. The lowest BCUT2D eigenvalue weighted by molar-refractivity contribution is 0.278. The Morgan fingerprint density at radius 2 is 1.00 bits per heavy atom. The molecule has 0 spiro atoms. The molecule has 0 amide bonds. The molecule has 0 bridgehead atoms. The molecule has 6 heteroatoms. The van der Waals surface area contributed by atoms with Crippen molar-refractivity contribution in [3.05, 3.63) is 0 Å². The van der Waals surface area contributed by atoms with Gasteiger partial charge in [-0.25, -0.2) is 0 Å². The highest BCUT2D eigenvalue weighted by molar-refractivity contribution is 6.30. The molecular formula is C4H13BN2O3. The molecular weight excluding hydrogens is 135 g/mol. The van der Waals surface area contributed by atoms with Gasteiger partial charge >= 0.3 is 7.32 Å². The van der Waals surface area contributed by atoms with Crippen molar-refractivity contribution in [2.24, 2.45) is 0 Å². The Kier molecular flexibility index (Phi) is 6.88. The van der Waals surface area contributed by atoms with Crippen LogP contribution < -0.4 is 10.6 Å². The van der Waals surface area contributed by atoms with Crippen LogP contribution in [-0.2, 0) is 0 Å². The Labute approximate surface area is 60.2 Å². The van der Waals surface area contributed by atoms with E-state index < -0.39 is 7.32 Å². The largest absolute Gasteiger partial charge is 0.631 e. The molecule has 5 nitrogen and oxygen atoms in total. The predicted molar refractivity (Wildman–Crippen MR) is 38.1 cm³/mol. The van der Waals surface area contributed by atoms with Crippen molar-refractivity contribution in [1.82, 2.24) is 10.6 Å². The van der Waals surface area contributed by atoms with E-state index in [-0.39, 0.29) is 0 Å². The van der Waals surface area contributed by atoms with Crippen LogP contribution >= 0.6 is 0 Å². The van der Waals surface area contributed by atoms with Crippen LogP contribution in [0.1, 0.15) is 0 Å². The van der Waals surface area contributed by atoms with Crippen molar-refractivity contribution < 1.29 is 15.1 Å². The molecule has 1 rings (SSSR count). The van der Waals surface area contributed by atoms with Gasteiger partial charge in [-0.1, -0.05) is 0 Å². The molecule has 10 heavy (non-hydrogen) atoms. The molecule has 0 saturated carbocycles. The normalized spacial score (nSPS) is 17.1. The van der Waals surface area contributed by atoms with Crippen LogP contribution in [-0.4, -0.2) is 48.6 Å². The van der Waals surface area contributed by atoms with Crippen LogP contribution in [0, 0.1) is 0 Å². The summed E-state index contributed by atoms with van der Waals surface area (Å²) in [6, 6.07) is 0. The maximum Gasteiger partial charge on any atom is 0.631 e. The molecule has 5 N–H and O–H groups in total. The average molecular weight is 148 g/mol. The monoisotopic (exact) mass is 148 g/mol. The lowest BCUT2D eigenvalue weighted by Gasteiger charge is -2.11. The van der Waals surface area contributed by atoms with Gasteiger partial charge < -0.3 is 25.7 Å². The number of rotatable bonds is 0. The molecule has 1 saturated heterocycles. The molecule has 0 aromatic heterocycles. The number of piperazine rings is 1. The summed E-state index contributed by atoms with van der Waals surface area (Å²) >= 11 is 0. The molecule has 0 aromatic rings. The molecule has 1 aliphatic heterocycles. The van der Waals surface area contributed by atoms with Gasteiger partial charge in [0.05, 0.1) is 0 Å². The predicted octanol–water partition coefficient (Wildman–Crippen LogP) is -2.87. The van der Waals surface area contributed by atoms with Crippen molar-refractivity contribution >= 4 is 7.32 Å². The van der Waals surface area contributed by atoms with E-state index in [1.807, 2.05) is 0 Å². The fourth-order valence-electron chi connectivity index (χ4n) is 0.604. The zero-order valence-corrected chi connectivity index (χ0v) is 5.75. The lowest BCUT2D eigenvalue weighted by atomic mass is 10.3. The zero-order chi connectivity index (χ0) is 7.82. The van der Waals surface area contributed by atoms with Gasteiger partial charge in [-0.3, -0.25) is 0 Å². The Hall–Kier alpha value is -0.135. The lowest BCUT2D eigenvalue weighted by Crippen LogP contribution is -2.39. The van der Waals surface area contributed by atoms with Gasteiger partial charge in [-0.05, 0) is 0 Å². The van der Waals surface area contributed by atoms with Crippen LogP contribution in [0.15, 0.2) is 0 Å². The summed E-state index contributed by atoms with van der Waals surface area (Å²) in [5.41, 5.74) is 0. The van der Waals surface area contributed by atoms with Gasteiger partial charge in [0.25, 0.3) is 0 Å². The fraction of sp³-hybridized carbons (Fsp3) is 1.00. The minimum absolute atomic E-state index is 1.14. The third-order valence-corrected chi connectivity index (χ3v) is 0.957. The number of nitrogens with one attached hydrogen (secondary N) is 2. The summed E-state index contributed by atoms with van der Waals surface area (Å²) in [4.78, 5) is 0. The van der Waals surface area contributed by atoms with Gasteiger partial charge in [0.1, 0.15) is 0 Å². The first-order valence-electron chi connectivity index (χ1n) is 3.19. The molecule has 1 aliphatic rings. The highest BCUT2D eigenvalue weighted by Gasteiger charge is 1.92. The van der Waals surface area contributed by atoms with Crippen molar-refractivity contribution in [2.75, 3.05) is 26.2 Å². The first kappa shape index (κ1) is 9.86. The molecule has 60 valence electrons. The number of hydrogen-bond donors (Lipinski definition) is 5. The third-order valence-electron chi connectivity index (χ3n) is 0.957. The Morgan fingerprint density at radius 3 is 1.10 bits per heavy atom. The van der Waals surface area contributed by atoms with E-state index in [2.05, 4.69) is 10.6 Å². The van der Waals surface area contributed by atoms with Gasteiger partial charge in [0.15, 0.2) is 0 Å². The molecule has 1 heterocycles. The second-order valence-corrected chi connectivity index (χ2v) is 1.85. The quantitative estimate of drug-likeness (QED) is 0.238. The highest BCUT2D eigenvalue weighted by Crippen LogP contribution is 1.65. The van der Waals surface area contributed by atoms with Gasteiger partial charge in [0.2, 0.25) is 0 Å². The SMILES string of the molecule is C1CNCCN1.OB(O)O. The van der Waals surface area contributed by atoms with Crippen LogP contribution in [0.2, 0.25) is 0 Å². The molecule has 0 atom stereocenters. The Balaban J connectivity index is 0.000000180. The smallest absolute Gasteiger partial charge is 0.402 e. The summed E-state index contributed by atoms with van der Waals surface area (Å²) in [5, 5.41) is 27.9. The minimum Gasteiger partial charge on any atom is -0.402 e. The average Bonchev–Trinajstić information content (AvgIpc) is 1.90. The first-order chi connectivity index (χ1) is 4.73. The van der Waals surface area contributed by atoms with Crippen molar-refractivity contribution in [1.29, 1.82) is 0 Å².